The molecule has 19 heavy (non-hydrogen) atoms. The van der Waals surface area contributed by atoms with Crippen molar-refractivity contribution >= 4 is 5.97 Å². The highest BCUT2D eigenvalue weighted by Crippen LogP contribution is 2.12. The van der Waals surface area contributed by atoms with Gasteiger partial charge in [0.25, 0.3) is 0 Å². The third-order valence-corrected chi connectivity index (χ3v) is 3.44. The number of carbonyl (C=O) groups is 1. The first-order valence-electron chi connectivity index (χ1n) is 6.74. The molecule has 2 N–H and O–H groups in total. The largest absolute Gasteiger partial charge is 0.492 e. The monoisotopic (exact) mass is 265 g/mol. The van der Waals surface area contributed by atoms with Gasteiger partial charge in [0.2, 0.25) is 0 Å². The van der Waals surface area contributed by atoms with Crippen LogP contribution in [-0.4, -0.2) is 30.3 Å². The zero-order chi connectivity index (χ0) is 14.3. The molecule has 2 atom stereocenters. The molecule has 1 aromatic rings. The number of benzene rings is 1. The summed E-state index contributed by atoms with van der Waals surface area (Å²) in [6.45, 7) is 7.95. The maximum absolute atomic E-state index is 10.7. The number of aromatic carboxylic acids is 1. The quantitative estimate of drug-likeness (QED) is 0.710. The second-order valence-electron chi connectivity index (χ2n) is 4.81. The summed E-state index contributed by atoms with van der Waals surface area (Å²) >= 11 is 0. The van der Waals surface area contributed by atoms with Crippen LogP contribution in [0.2, 0.25) is 0 Å². The molecule has 2 unspecified atom stereocenters. The molecule has 0 bridgehead atoms. The highest BCUT2D eigenvalue weighted by atomic mass is 16.5. The third-order valence-electron chi connectivity index (χ3n) is 3.44. The van der Waals surface area contributed by atoms with Crippen molar-refractivity contribution in [2.45, 2.75) is 33.2 Å². The van der Waals surface area contributed by atoms with E-state index in [0.717, 1.165) is 13.0 Å². The van der Waals surface area contributed by atoms with E-state index in [2.05, 4.69) is 26.1 Å². The Morgan fingerprint density at radius 3 is 2.47 bits per heavy atom. The van der Waals surface area contributed by atoms with E-state index in [-0.39, 0.29) is 5.56 Å². The molecule has 0 amide bonds. The Morgan fingerprint density at radius 2 is 1.95 bits per heavy atom. The maximum atomic E-state index is 10.7. The number of nitrogens with one attached hydrogen (secondary N) is 1. The van der Waals surface area contributed by atoms with Gasteiger partial charge < -0.3 is 15.2 Å². The molecular formula is C15H23NO3. The standard InChI is InChI=1S/C15H23NO3/c1-4-11(2)12(3)16-9-10-19-14-7-5-13(6-8-14)15(17)18/h5-8,11-12,16H,4,9-10H2,1-3H3,(H,17,18). The van der Waals surface area contributed by atoms with Crippen molar-refractivity contribution < 1.29 is 14.6 Å². The van der Waals surface area contributed by atoms with Crippen LogP contribution in [0, 0.1) is 5.92 Å². The summed E-state index contributed by atoms with van der Waals surface area (Å²) in [6, 6.07) is 6.94. The SMILES string of the molecule is CCC(C)C(C)NCCOc1ccc(C(=O)O)cc1. The summed E-state index contributed by atoms with van der Waals surface area (Å²) in [4.78, 5) is 10.7. The van der Waals surface area contributed by atoms with Crippen LogP contribution in [0.5, 0.6) is 5.75 Å². The lowest BCUT2D eigenvalue weighted by Gasteiger charge is -2.19. The summed E-state index contributed by atoms with van der Waals surface area (Å²) < 4.78 is 5.55. The van der Waals surface area contributed by atoms with Crippen molar-refractivity contribution in [2.75, 3.05) is 13.2 Å². The van der Waals surface area contributed by atoms with Gasteiger partial charge in [0.15, 0.2) is 0 Å². The van der Waals surface area contributed by atoms with E-state index in [4.69, 9.17) is 9.84 Å². The molecule has 4 nitrogen and oxygen atoms in total. The van der Waals surface area contributed by atoms with Crippen LogP contribution >= 0.6 is 0 Å². The number of rotatable bonds is 8. The average molecular weight is 265 g/mol. The van der Waals surface area contributed by atoms with Gasteiger partial charge in [0.1, 0.15) is 12.4 Å². The Morgan fingerprint density at radius 1 is 1.32 bits per heavy atom. The fourth-order valence-electron chi connectivity index (χ4n) is 1.70. The average Bonchev–Trinajstić information content (AvgIpc) is 2.42. The summed E-state index contributed by atoms with van der Waals surface area (Å²) in [5.74, 6) is 0.424. The van der Waals surface area contributed by atoms with Crippen LogP contribution in [-0.2, 0) is 0 Å². The van der Waals surface area contributed by atoms with Crippen molar-refractivity contribution in [1.29, 1.82) is 0 Å². The lowest BCUT2D eigenvalue weighted by Crippen LogP contribution is -2.34. The summed E-state index contributed by atoms with van der Waals surface area (Å²) in [7, 11) is 0. The van der Waals surface area contributed by atoms with Crippen molar-refractivity contribution in [1.82, 2.24) is 5.32 Å². The smallest absolute Gasteiger partial charge is 0.335 e. The molecule has 4 heteroatoms. The minimum absolute atomic E-state index is 0.274. The molecule has 0 aliphatic heterocycles. The first-order chi connectivity index (χ1) is 9.04. The molecule has 0 fully saturated rings. The molecule has 0 aliphatic carbocycles. The zero-order valence-corrected chi connectivity index (χ0v) is 11.8. The molecule has 106 valence electrons. The number of ether oxygens (including phenoxy) is 1. The third kappa shape index (κ3) is 5.30. The Hall–Kier alpha value is -1.55. The molecule has 1 rings (SSSR count). The number of hydrogen-bond acceptors (Lipinski definition) is 3. The minimum Gasteiger partial charge on any atom is -0.492 e. The molecule has 0 aromatic heterocycles. The molecule has 1 aromatic carbocycles. The van der Waals surface area contributed by atoms with Crippen molar-refractivity contribution in [3.63, 3.8) is 0 Å². The number of carboxylic acid groups (broad SMARTS) is 1. The van der Waals surface area contributed by atoms with Crippen LogP contribution in [0.1, 0.15) is 37.6 Å². The van der Waals surface area contributed by atoms with Gasteiger partial charge in [0, 0.05) is 12.6 Å². The van der Waals surface area contributed by atoms with Gasteiger partial charge in [-0.1, -0.05) is 20.3 Å². The van der Waals surface area contributed by atoms with Gasteiger partial charge in [0.05, 0.1) is 5.56 Å². The normalized spacial score (nSPS) is 13.8. The highest BCUT2D eigenvalue weighted by Gasteiger charge is 2.08. The van der Waals surface area contributed by atoms with Crippen LogP contribution in [0.25, 0.3) is 0 Å². The Kier molecular flexibility index (Phi) is 6.36. The Bertz CT molecular complexity index is 389. The van der Waals surface area contributed by atoms with E-state index < -0.39 is 5.97 Å². The topological polar surface area (TPSA) is 58.6 Å². The van der Waals surface area contributed by atoms with Gasteiger partial charge in [-0.3, -0.25) is 0 Å². The first-order valence-corrected chi connectivity index (χ1v) is 6.74. The molecule has 0 saturated heterocycles. The van der Waals surface area contributed by atoms with Gasteiger partial charge in [-0.05, 0) is 37.1 Å². The fourth-order valence-corrected chi connectivity index (χ4v) is 1.70. The van der Waals surface area contributed by atoms with Crippen molar-refractivity contribution in [3.05, 3.63) is 29.8 Å². The molecular weight excluding hydrogens is 242 g/mol. The molecule has 0 heterocycles. The van der Waals surface area contributed by atoms with Crippen LogP contribution in [0.4, 0.5) is 0 Å². The Balaban J connectivity index is 2.28. The molecule has 0 radical (unpaired) electrons. The fraction of sp³-hybridized carbons (Fsp3) is 0.533. The van der Waals surface area contributed by atoms with Gasteiger partial charge in [-0.15, -0.1) is 0 Å². The number of carboxylic acids is 1. The molecule has 0 aliphatic rings. The lowest BCUT2D eigenvalue weighted by molar-refractivity contribution is 0.0697. The van der Waals surface area contributed by atoms with Crippen LogP contribution < -0.4 is 10.1 Å². The second-order valence-corrected chi connectivity index (χ2v) is 4.81. The van der Waals surface area contributed by atoms with Gasteiger partial charge in [-0.2, -0.15) is 0 Å². The minimum atomic E-state index is -0.921. The lowest BCUT2D eigenvalue weighted by atomic mass is 10.0. The summed E-state index contributed by atoms with van der Waals surface area (Å²) in [6.07, 6.45) is 1.16. The first kappa shape index (κ1) is 15.5. The van der Waals surface area contributed by atoms with E-state index >= 15 is 0 Å². The summed E-state index contributed by atoms with van der Waals surface area (Å²) in [5.41, 5.74) is 0.274. The maximum Gasteiger partial charge on any atom is 0.335 e. The van der Waals surface area contributed by atoms with Crippen molar-refractivity contribution in [3.8, 4) is 5.75 Å². The van der Waals surface area contributed by atoms with E-state index in [1.165, 1.54) is 0 Å². The predicted octanol–water partition coefficient (Wildman–Crippen LogP) is 2.79. The van der Waals surface area contributed by atoms with Crippen LogP contribution in [0.3, 0.4) is 0 Å². The van der Waals surface area contributed by atoms with Gasteiger partial charge in [-0.25, -0.2) is 4.79 Å². The van der Waals surface area contributed by atoms with Crippen LogP contribution in [0.15, 0.2) is 24.3 Å². The zero-order valence-electron chi connectivity index (χ0n) is 11.8. The van der Waals surface area contributed by atoms with E-state index in [0.29, 0.717) is 24.3 Å². The van der Waals surface area contributed by atoms with Crippen molar-refractivity contribution in [2.24, 2.45) is 5.92 Å². The van der Waals surface area contributed by atoms with E-state index in [1.54, 1.807) is 24.3 Å². The highest BCUT2D eigenvalue weighted by molar-refractivity contribution is 5.87. The number of hydrogen-bond donors (Lipinski definition) is 2. The molecule has 0 spiro atoms. The Labute approximate surface area is 114 Å². The second kappa shape index (κ2) is 7.79. The van der Waals surface area contributed by atoms with E-state index in [9.17, 15) is 4.79 Å². The molecule has 0 saturated carbocycles. The van der Waals surface area contributed by atoms with Gasteiger partial charge >= 0.3 is 5.97 Å². The predicted molar refractivity (Wildman–Crippen MR) is 75.8 cm³/mol. The van der Waals surface area contributed by atoms with E-state index in [1.807, 2.05) is 0 Å². The summed E-state index contributed by atoms with van der Waals surface area (Å²) in [5, 5.41) is 12.2.